The molecule has 0 aliphatic rings. The van der Waals surface area contributed by atoms with Gasteiger partial charge in [-0.3, -0.25) is 0 Å². The first-order chi connectivity index (χ1) is 14.6. The molecule has 0 saturated carbocycles. The van der Waals surface area contributed by atoms with Crippen LogP contribution in [0.1, 0.15) is 96.5 Å². The predicted molar refractivity (Wildman–Crippen MR) is 146 cm³/mol. The molecule has 0 aromatic heterocycles. The van der Waals surface area contributed by atoms with Crippen molar-refractivity contribution in [3.63, 3.8) is 0 Å². The van der Waals surface area contributed by atoms with Crippen LogP contribution in [-0.4, -0.2) is 0 Å². The number of unbranched alkanes of at least 4 members (excludes halogenated alkanes) is 8. The summed E-state index contributed by atoms with van der Waals surface area (Å²) in [6, 6.07) is 16.0. The molecule has 0 aliphatic carbocycles. The first-order valence-electron chi connectivity index (χ1n) is 12.2. The van der Waals surface area contributed by atoms with Crippen LogP contribution in [0.2, 0.25) is 0 Å². The van der Waals surface area contributed by atoms with Gasteiger partial charge >= 0.3 is 0 Å². The van der Waals surface area contributed by atoms with E-state index >= 15 is 0 Å². The zero-order valence-corrected chi connectivity index (χ0v) is 22.8. The fourth-order valence-corrected chi connectivity index (χ4v) is 4.98. The van der Waals surface area contributed by atoms with Gasteiger partial charge in [-0.05, 0) is 79.7 Å². The van der Waals surface area contributed by atoms with Crippen LogP contribution in [0.15, 0.2) is 46.9 Å². The van der Waals surface area contributed by atoms with Crippen molar-refractivity contribution in [2.45, 2.75) is 97.3 Å². The molecule has 2 aromatic rings. The molecule has 30 heavy (non-hydrogen) atoms. The van der Waals surface area contributed by atoms with Gasteiger partial charge in [0.25, 0.3) is 0 Å². The maximum absolute atomic E-state index is 3.66. The average molecular weight is 583 g/mol. The van der Waals surface area contributed by atoms with Gasteiger partial charge in [-0.2, -0.15) is 0 Å². The van der Waals surface area contributed by atoms with Gasteiger partial charge in [-0.15, -0.1) is 0 Å². The Bertz CT molecular complexity index is 707. The Labute approximate surface area is 207 Å². The Morgan fingerprint density at radius 2 is 1.23 bits per heavy atom. The second kappa shape index (κ2) is 15.5. The maximum atomic E-state index is 3.66. The molecule has 0 radical (unpaired) electrons. The summed E-state index contributed by atoms with van der Waals surface area (Å²) in [6.07, 6.45) is 18.0. The molecule has 0 heterocycles. The second-order valence-corrected chi connectivity index (χ2v) is 10.8. The van der Waals surface area contributed by atoms with Crippen LogP contribution < -0.4 is 0 Å². The number of hydrogen-bond donors (Lipinski definition) is 0. The third kappa shape index (κ3) is 9.85. The van der Waals surface area contributed by atoms with Crippen molar-refractivity contribution in [1.82, 2.24) is 0 Å². The van der Waals surface area contributed by atoms with E-state index in [9.17, 15) is 0 Å². The van der Waals surface area contributed by atoms with Crippen LogP contribution in [0, 0.1) is 9.49 Å². The van der Waals surface area contributed by atoms with Gasteiger partial charge in [0, 0.05) is 8.04 Å². The minimum Gasteiger partial charge on any atom is -0.0654 e. The van der Waals surface area contributed by atoms with E-state index in [4.69, 9.17) is 0 Å². The molecule has 2 heteroatoms. The van der Waals surface area contributed by atoms with E-state index in [1.165, 1.54) is 108 Å². The SMILES string of the molecule is CCCCCCCCC(CCCCCC)Cc1ccc(-c2ccc(I)c(Br)c2)cc1. The van der Waals surface area contributed by atoms with Gasteiger partial charge in [-0.25, -0.2) is 0 Å². The number of benzene rings is 2. The van der Waals surface area contributed by atoms with Gasteiger partial charge in [0.1, 0.15) is 0 Å². The molecule has 0 aliphatic heterocycles. The maximum Gasteiger partial charge on any atom is 0.0315 e. The number of halogens is 2. The highest BCUT2D eigenvalue weighted by Gasteiger charge is 2.10. The van der Waals surface area contributed by atoms with Gasteiger partial charge in [-0.1, -0.05) is 121 Å². The summed E-state index contributed by atoms with van der Waals surface area (Å²) < 4.78 is 2.43. The summed E-state index contributed by atoms with van der Waals surface area (Å²) in [5.74, 6) is 0.853. The van der Waals surface area contributed by atoms with E-state index in [-0.39, 0.29) is 0 Å². The smallest absolute Gasteiger partial charge is 0.0315 e. The van der Waals surface area contributed by atoms with Crippen molar-refractivity contribution >= 4 is 38.5 Å². The van der Waals surface area contributed by atoms with Crippen molar-refractivity contribution in [3.05, 3.63) is 56.1 Å². The minimum atomic E-state index is 0.853. The largest absolute Gasteiger partial charge is 0.0654 e. The van der Waals surface area contributed by atoms with Crippen LogP contribution in [0.25, 0.3) is 11.1 Å². The molecule has 1 atom stereocenters. The third-order valence-electron chi connectivity index (χ3n) is 6.16. The Hall–Kier alpha value is -0.350. The van der Waals surface area contributed by atoms with Crippen molar-refractivity contribution < 1.29 is 0 Å². The molecular weight excluding hydrogens is 543 g/mol. The summed E-state index contributed by atoms with van der Waals surface area (Å²) in [6.45, 7) is 4.61. The Morgan fingerprint density at radius 3 is 1.83 bits per heavy atom. The fraction of sp³-hybridized carbons (Fsp3) is 0.571. The van der Waals surface area contributed by atoms with Gasteiger partial charge in [0.05, 0.1) is 0 Å². The van der Waals surface area contributed by atoms with Crippen molar-refractivity contribution in [2.24, 2.45) is 5.92 Å². The molecule has 0 bridgehead atoms. The van der Waals surface area contributed by atoms with E-state index in [1.54, 1.807) is 0 Å². The molecule has 2 rings (SSSR count). The lowest BCUT2D eigenvalue weighted by molar-refractivity contribution is 0.402. The molecular formula is C28H40BrI. The lowest BCUT2D eigenvalue weighted by atomic mass is 9.88. The first kappa shape index (κ1) is 25.9. The van der Waals surface area contributed by atoms with Crippen LogP contribution in [0.4, 0.5) is 0 Å². The van der Waals surface area contributed by atoms with Crippen LogP contribution >= 0.6 is 38.5 Å². The Morgan fingerprint density at radius 1 is 0.700 bits per heavy atom. The lowest BCUT2D eigenvalue weighted by Crippen LogP contribution is -2.05. The molecule has 0 fully saturated rings. The highest BCUT2D eigenvalue weighted by molar-refractivity contribution is 14.1. The molecule has 166 valence electrons. The molecule has 0 nitrogen and oxygen atoms in total. The normalized spacial score (nSPS) is 12.3. The van der Waals surface area contributed by atoms with E-state index in [0.29, 0.717) is 0 Å². The summed E-state index contributed by atoms with van der Waals surface area (Å²) in [7, 11) is 0. The van der Waals surface area contributed by atoms with Crippen molar-refractivity contribution in [3.8, 4) is 11.1 Å². The summed E-state index contributed by atoms with van der Waals surface area (Å²) in [5, 5.41) is 0. The van der Waals surface area contributed by atoms with E-state index in [1.807, 2.05) is 0 Å². The highest BCUT2D eigenvalue weighted by atomic mass is 127. The topological polar surface area (TPSA) is 0 Å². The first-order valence-corrected chi connectivity index (χ1v) is 14.1. The average Bonchev–Trinajstić information content (AvgIpc) is 2.76. The fourth-order valence-electron chi connectivity index (χ4n) is 4.26. The quantitative estimate of drug-likeness (QED) is 0.145. The summed E-state index contributed by atoms with van der Waals surface area (Å²) in [5.41, 5.74) is 4.11. The Balaban J connectivity index is 1.91. The lowest BCUT2D eigenvalue weighted by Gasteiger charge is -2.17. The van der Waals surface area contributed by atoms with Gasteiger partial charge in [0.15, 0.2) is 0 Å². The minimum absolute atomic E-state index is 0.853. The molecule has 0 saturated heterocycles. The summed E-state index contributed by atoms with van der Waals surface area (Å²) in [4.78, 5) is 0. The van der Waals surface area contributed by atoms with E-state index in [0.717, 1.165) is 5.92 Å². The third-order valence-corrected chi connectivity index (χ3v) is 8.50. The summed E-state index contributed by atoms with van der Waals surface area (Å²) >= 11 is 6.03. The Kier molecular flexibility index (Phi) is 13.3. The monoisotopic (exact) mass is 582 g/mol. The van der Waals surface area contributed by atoms with Crippen molar-refractivity contribution in [2.75, 3.05) is 0 Å². The second-order valence-electron chi connectivity index (χ2n) is 8.80. The molecule has 1 unspecified atom stereocenters. The van der Waals surface area contributed by atoms with E-state index < -0.39 is 0 Å². The predicted octanol–water partition coefficient (Wildman–Crippen LogP) is 10.6. The van der Waals surface area contributed by atoms with Crippen molar-refractivity contribution in [1.29, 1.82) is 0 Å². The molecule has 0 amide bonds. The zero-order chi connectivity index (χ0) is 21.6. The molecule has 0 N–H and O–H groups in total. The van der Waals surface area contributed by atoms with Crippen LogP contribution in [0.5, 0.6) is 0 Å². The van der Waals surface area contributed by atoms with Crippen LogP contribution in [-0.2, 0) is 6.42 Å². The standard InChI is InChI=1S/C28H40BrI/c1-3-5-7-9-10-12-14-23(13-11-8-6-4-2)21-24-15-17-25(18-16-24)26-19-20-28(30)27(29)22-26/h15-20,22-23H,3-14,21H2,1-2H3. The van der Waals surface area contributed by atoms with Gasteiger partial charge in [0.2, 0.25) is 0 Å². The molecule has 0 spiro atoms. The number of hydrogen-bond acceptors (Lipinski definition) is 0. The molecule has 2 aromatic carbocycles. The van der Waals surface area contributed by atoms with Gasteiger partial charge < -0.3 is 0 Å². The van der Waals surface area contributed by atoms with Crippen LogP contribution in [0.3, 0.4) is 0 Å². The highest BCUT2D eigenvalue weighted by Crippen LogP contribution is 2.28. The zero-order valence-electron chi connectivity index (χ0n) is 19.1. The number of rotatable bonds is 15. The van der Waals surface area contributed by atoms with E-state index in [2.05, 4.69) is 94.8 Å².